The quantitative estimate of drug-likeness (QED) is 0.629. The third-order valence-electron chi connectivity index (χ3n) is 1.72. The lowest BCUT2D eigenvalue weighted by atomic mass is 10.5. The van der Waals surface area contributed by atoms with Crippen molar-refractivity contribution >= 4 is 0 Å². The van der Waals surface area contributed by atoms with Gasteiger partial charge in [-0.3, -0.25) is 0 Å². The van der Waals surface area contributed by atoms with Gasteiger partial charge in [0.15, 0.2) is 0 Å². The fourth-order valence-corrected chi connectivity index (χ4v) is 0.956. The summed E-state index contributed by atoms with van der Waals surface area (Å²) in [5, 5.41) is 10.9. The van der Waals surface area contributed by atoms with E-state index in [1.54, 1.807) is 6.33 Å². The summed E-state index contributed by atoms with van der Waals surface area (Å²) < 4.78 is 7.07. The largest absolute Gasteiger partial charge is 0.380 e. The summed E-state index contributed by atoms with van der Waals surface area (Å²) in [5.41, 5.74) is 0. The third-order valence-corrected chi connectivity index (χ3v) is 1.72. The predicted octanol–water partition coefficient (Wildman–Crippen LogP) is -0.0588. The van der Waals surface area contributed by atoms with Gasteiger partial charge >= 0.3 is 0 Å². The van der Waals surface area contributed by atoms with Gasteiger partial charge in [-0.2, -0.15) is 0 Å². The molecule has 13 heavy (non-hydrogen) atoms. The van der Waals surface area contributed by atoms with Crippen LogP contribution in [-0.2, 0) is 18.3 Å². The number of hydrogen-bond donors (Lipinski definition) is 1. The Morgan fingerprint density at radius 2 is 2.46 bits per heavy atom. The van der Waals surface area contributed by atoms with Crippen LogP contribution < -0.4 is 5.32 Å². The third kappa shape index (κ3) is 3.52. The lowest BCUT2D eigenvalue weighted by Gasteiger charge is -2.03. The molecule has 0 fully saturated rings. The van der Waals surface area contributed by atoms with Crippen molar-refractivity contribution in [3.8, 4) is 0 Å². The second kappa shape index (κ2) is 5.66. The van der Waals surface area contributed by atoms with Crippen molar-refractivity contribution in [2.75, 3.05) is 19.8 Å². The molecule has 0 bridgehead atoms. The lowest BCUT2D eigenvalue weighted by molar-refractivity contribution is 0.149. The van der Waals surface area contributed by atoms with Crippen molar-refractivity contribution in [3.05, 3.63) is 12.2 Å². The molecule has 1 aromatic rings. The molecule has 1 aromatic heterocycles. The minimum atomic E-state index is 0.740. The Kier molecular flexibility index (Phi) is 4.42. The van der Waals surface area contributed by atoms with Gasteiger partial charge in [0.1, 0.15) is 12.2 Å². The highest BCUT2D eigenvalue weighted by Gasteiger charge is 1.97. The van der Waals surface area contributed by atoms with Crippen LogP contribution in [0, 0.1) is 0 Å². The highest BCUT2D eigenvalue weighted by molar-refractivity contribution is 4.82. The van der Waals surface area contributed by atoms with Gasteiger partial charge in [-0.25, -0.2) is 0 Å². The van der Waals surface area contributed by atoms with E-state index in [1.807, 2.05) is 18.5 Å². The Morgan fingerprint density at radius 3 is 3.08 bits per heavy atom. The average Bonchev–Trinajstić information content (AvgIpc) is 2.52. The van der Waals surface area contributed by atoms with Gasteiger partial charge in [-0.1, -0.05) is 0 Å². The monoisotopic (exact) mass is 184 g/mol. The Morgan fingerprint density at radius 1 is 1.62 bits per heavy atom. The maximum absolute atomic E-state index is 5.18. The summed E-state index contributed by atoms with van der Waals surface area (Å²) in [4.78, 5) is 0. The normalized spacial score (nSPS) is 10.6. The number of hydrogen-bond acceptors (Lipinski definition) is 4. The van der Waals surface area contributed by atoms with E-state index >= 15 is 0 Å². The van der Waals surface area contributed by atoms with Crippen LogP contribution in [-0.4, -0.2) is 34.5 Å². The Bertz CT molecular complexity index is 236. The molecular weight excluding hydrogens is 168 g/mol. The number of nitrogens with zero attached hydrogens (tertiary/aromatic N) is 3. The Labute approximate surface area is 78.1 Å². The number of rotatable bonds is 6. The standard InChI is InChI=1S/C8H16N4O/c1-3-13-5-4-9-6-8-11-10-7-12(8)2/h7,9H,3-6H2,1-2H3. The molecule has 74 valence electrons. The Balaban J connectivity index is 2.10. The predicted molar refractivity (Wildman–Crippen MR) is 49.2 cm³/mol. The molecular formula is C8H16N4O. The van der Waals surface area contributed by atoms with Gasteiger partial charge in [0.25, 0.3) is 0 Å². The Hall–Kier alpha value is -0.940. The molecule has 0 aliphatic heterocycles. The first-order valence-corrected chi connectivity index (χ1v) is 4.46. The topological polar surface area (TPSA) is 52.0 Å². The van der Waals surface area contributed by atoms with E-state index in [-0.39, 0.29) is 0 Å². The molecule has 5 heteroatoms. The van der Waals surface area contributed by atoms with E-state index in [2.05, 4.69) is 15.5 Å². The second-order valence-corrected chi connectivity index (χ2v) is 2.73. The van der Waals surface area contributed by atoms with Crippen molar-refractivity contribution in [2.45, 2.75) is 13.5 Å². The zero-order chi connectivity index (χ0) is 9.52. The molecule has 0 atom stereocenters. The van der Waals surface area contributed by atoms with Crippen molar-refractivity contribution in [3.63, 3.8) is 0 Å². The van der Waals surface area contributed by atoms with Crippen LogP contribution in [0.1, 0.15) is 12.7 Å². The molecule has 0 aliphatic rings. The fraction of sp³-hybridized carbons (Fsp3) is 0.750. The van der Waals surface area contributed by atoms with Gasteiger partial charge in [-0.15, -0.1) is 10.2 Å². The SMILES string of the molecule is CCOCCNCc1nncn1C. The zero-order valence-corrected chi connectivity index (χ0v) is 8.16. The van der Waals surface area contributed by atoms with Crippen molar-refractivity contribution in [2.24, 2.45) is 7.05 Å². The van der Waals surface area contributed by atoms with Crippen LogP contribution in [0.25, 0.3) is 0 Å². The molecule has 0 radical (unpaired) electrons. The van der Waals surface area contributed by atoms with Gasteiger partial charge in [0.2, 0.25) is 0 Å². The maximum atomic E-state index is 5.18. The van der Waals surface area contributed by atoms with E-state index in [0.717, 1.165) is 32.1 Å². The maximum Gasteiger partial charge on any atom is 0.146 e. The van der Waals surface area contributed by atoms with Crippen LogP contribution in [0.5, 0.6) is 0 Å². The molecule has 0 saturated heterocycles. The minimum absolute atomic E-state index is 0.740. The van der Waals surface area contributed by atoms with E-state index in [9.17, 15) is 0 Å². The number of ether oxygens (including phenoxy) is 1. The van der Waals surface area contributed by atoms with E-state index < -0.39 is 0 Å². The van der Waals surface area contributed by atoms with Gasteiger partial charge in [-0.05, 0) is 6.92 Å². The van der Waals surface area contributed by atoms with Crippen molar-refractivity contribution < 1.29 is 4.74 Å². The van der Waals surface area contributed by atoms with Gasteiger partial charge in [0.05, 0.1) is 13.2 Å². The first-order chi connectivity index (χ1) is 6.34. The molecule has 0 unspecified atom stereocenters. The van der Waals surface area contributed by atoms with E-state index in [0.29, 0.717) is 0 Å². The van der Waals surface area contributed by atoms with Crippen LogP contribution in [0.15, 0.2) is 6.33 Å². The second-order valence-electron chi connectivity index (χ2n) is 2.73. The van der Waals surface area contributed by atoms with Crippen LogP contribution in [0.2, 0.25) is 0 Å². The first kappa shape index (κ1) is 10.1. The van der Waals surface area contributed by atoms with Gasteiger partial charge in [0, 0.05) is 20.2 Å². The summed E-state index contributed by atoms with van der Waals surface area (Å²) in [7, 11) is 1.93. The molecule has 0 aromatic carbocycles. The fourth-order valence-electron chi connectivity index (χ4n) is 0.956. The molecule has 1 rings (SSSR count). The lowest BCUT2D eigenvalue weighted by Crippen LogP contribution is -2.21. The molecule has 0 spiro atoms. The summed E-state index contributed by atoms with van der Waals surface area (Å²) in [6.07, 6.45) is 1.69. The van der Waals surface area contributed by atoms with Crippen LogP contribution >= 0.6 is 0 Å². The van der Waals surface area contributed by atoms with Crippen molar-refractivity contribution in [1.29, 1.82) is 0 Å². The number of nitrogens with one attached hydrogen (secondary N) is 1. The highest BCUT2D eigenvalue weighted by atomic mass is 16.5. The molecule has 1 N–H and O–H groups in total. The van der Waals surface area contributed by atoms with E-state index in [4.69, 9.17) is 4.74 Å². The van der Waals surface area contributed by atoms with Crippen LogP contribution in [0.4, 0.5) is 0 Å². The first-order valence-electron chi connectivity index (χ1n) is 4.46. The summed E-state index contributed by atoms with van der Waals surface area (Å²) in [6, 6.07) is 0. The van der Waals surface area contributed by atoms with Crippen molar-refractivity contribution in [1.82, 2.24) is 20.1 Å². The van der Waals surface area contributed by atoms with Gasteiger partial charge < -0.3 is 14.6 Å². The molecule has 0 saturated carbocycles. The highest BCUT2D eigenvalue weighted by Crippen LogP contribution is 1.88. The van der Waals surface area contributed by atoms with Crippen LogP contribution in [0.3, 0.4) is 0 Å². The minimum Gasteiger partial charge on any atom is -0.380 e. The number of aryl methyl sites for hydroxylation is 1. The molecule has 0 amide bonds. The summed E-state index contributed by atoms with van der Waals surface area (Å²) >= 11 is 0. The summed E-state index contributed by atoms with van der Waals surface area (Å²) in [6.45, 7) is 5.09. The number of aromatic nitrogens is 3. The smallest absolute Gasteiger partial charge is 0.146 e. The molecule has 1 heterocycles. The summed E-state index contributed by atoms with van der Waals surface area (Å²) in [5.74, 6) is 0.941. The average molecular weight is 184 g/mol. The van der Waals surface area contributed by atoms with E-state index in [1.165, 1.54) is 0 Å². The molecule has 5 nitrogen and oxygen atoms in total. The zero-order valence-electron chi connectivity index (χ0n) is 8.16. The molecule has 0 aliphatic carbocycles.